The van der Waals surface area contributed by atoms with Crippen LogP contribution in [0.15, 0.2) is 48.8 Å². The third kappa shape index (κ3) is 3.12. The molecule has 6 nitrogen and oxygen atoms in total. The number of benzene rings is 1. The molecule has 0 aliphatic carbocycles. The Balaban J connectivity index is 1.83. The Morgan fingerprint density at radius 2 is 2.08 bits per heavy atom. The highest BCUT2D eigenvalue weighted by atomic mass is 16.5. The number of hydrogen-bond donors (Lipinski definition) is 1. The maximum absolute atomic E-state index is 12.1. The zero-order valence-electron chi connectivity index (χ0n) is 13.9. The van der Waals surface area contributed by atoms with Crippen LogP contribution in [0.25, 0.3) is 11.1 Å². The van der Waals surface area contributed by atoms with E-state index in [-0.39, 0.29) is 25.0 Å². The minimum absolute atomic E-state index is 0.0959. The van der Waals surface area contributed by atoms with E-state index in [0.29, 0.717) is 0 Å². The van der Waals surface area contributed by atoms with Crippen molar-refractivity contribution in [2.75, 3.05) is 20.3 Å². The number of aliphatic hydroxyl groups is 1. The first-order valence-electron chi connectivity index (χ1n) is 8.02. The highest BCUT2D eigenvalue weighted by molar-refractivity contribution is 5.80. The predicted molar refractivity (Wildman–Crippen MR) is 91.4 cm³/mol. The number of amides is 1. The van der Waals surface area contributed by atoms with Crippen LogP contribution in [0.4, 0.5) is 0 Å². The van der Waals surface area contributed by atoms with E-state index in [9.17, 15) is 15.2 Å². The summed E-state index contributed by atoms with van der Waals surface area (Å²) in [4.78, 5) is 17.6. The van der Waals surface area contributed by atoms with Crippen molar-refractivity contribution in [3.05, 3.63) is 54.4 Å². The molecule has 128 valence electrons. The number of ether oxygens (including phenoxy) is 1. The van der Waals surface area contributed by atoms with E-state index < -0.39 is 12.1 Å². The van der Waals surface area contributed by atoms with Gasteiger partial charge in [0.15, 0.2) is 0 Å². The van der Waals surface area contributed by atoms with Gasteiger partial charge in [0.1, 0.15) is 12.6 Å². The van der Waals surface area contributed by atoms with E-state index in [4.69, 9.17) is 4.74 Å². The van der Waals surface area contributed by atoms with Crippen LogP contribution in [-0.2, 0) is 9.53 Å². The van der Waals surface area contributed by atoms with Crippen molar-refractivity contribution in [2.45, 2.75) is 18.0 Å². The summed E-state index contributed by atoms with van der Waals surface area (Å²) in [5.74, 6) is -0.491. The molecule has 0 spiro atoms. The smallest absolute Gasteiger partial charge is 0.249 e. The van der Waals surface area contributed by atoms with Gasteiger partial charge in [-0.1, -0.05) is 30.3 Å². The van der Waals surface area contributed by atoms with E-state index >= 15 is 0 Å². The molecule has 3 atom stereocenters. The largest absolute Gasteiger partial charge is 0.394 e. The number of carbonyl (C=O) groups excluding carboxylic acids is 1. The molecule has 0 saturated carbocycles. The Morgan fingerprint density at radius 3 is 2.64 bits per heavy atom. The molecule has 25 heavy (non-hydrogen) atoms. The Labute approximate surface area is 146 Å². The molecule has 6 heteroatoms. The molecule has 1 aromatic heterocycles. The maximum atomic E-state index is 12.1. The number of hydrogen-bond acceptors (Lipinski definition) is 5. The molecular weight excluding hydrogens is 318 g/mol. The predicted octanol–water partition coefficient (Wildman–Crippen LogP) is 1.57. The van der Waals surface area contributed by atoms with Gasteiger partial charge in [0.25, 0.3) is 0 Å². The van der Waals surface area contributed by atoms with E-state index in [1.165, 1.54) is 12.0 Å². The van der Waals surface area contributed by atoms with Gasteiger partial charge in [-0.25, -0.2) is 0 Å². The van der Waals surface area contributed by atoms with Crippen molar-refractivity contribution >= 4 is 5.91 Å². The van der Waals surface area contributed by atoms with Gasteiger partial charge in [-0.05, 0) is 22.8 Å². The molecule has 1 saturated heterocycles. The summed E-state index contributed by atoms with van der Waals surface area (Å²) in [7, 11) is 1.43. The number of methoxy groups -OCH3 is 1. The van der Waals surface area contributed by atoms with Crippen molar-refractivity contribution in [2.24, 2.45) is 0 Å². The Hall–Kier alpha value is -2.75. The van der Waals surface area contributed by atoms with Gasteiger partial charge < -0.3 is 14.7 Å². The molecule has 1 aliphatic rings. The molecule has 0 bridgehead atoms. The molecule has 1 aliphatic heterocycles. The van der Waals surface area contributed by atoms with Gasteiger partial charge >= 0.3 is 0 Å². The third-order valence-corrected chi connectivity index (χ3v) is 4.58. The van der Waals surface area contributed by atoms with Crippen molar-refractivity contribution in [1.29, 1.82) is 5.26 Å². The lowest BCUT2D eigenvalue weighted by Crippen LogP contribution is -2.65. The third-order valence-electron chi connectivity index (χ3n) is 4.58. The lowest BCUT2D eigenvalue weighted by molar-refractivity contribution is -0.150. The highest BCUT2D eigenvalue weighted by Gasteiger charge is 2.51. The van der Waals surface area contributed by atoms with Crippen LogP contribution >= 0.6 is 0 Å². The van der Waals surface area contributed by atoms with Crippen LogP contribution in [0.3, 0.4) is 0 Å². The molecule has 3 rings (SSSR count). The number of rotatable bonds is 5. The molecule has 1 fully saturated rings. The van der Waals surface area contributed by atoms with Crippen molar-refractivity contribution < 1.29 is 14.6 Å². The first kappa shape index (κ1) is 17.1. The van der Waals surface area contributed by atoms with Crippen molar-refractivity contribution in [1.82, 2.24) is 9.88 Å². The molecule has 1 N–H and O–H groups in total. The molecule has 0 radical (unpaired) electrons. The first-order valence-corrected chi connectivity index (χ1v) is 8.02. The van der Waals surface area contributed by atoms with Gasteiger partial charge in [-0.2, -0.15) is 5.26 Å². The molecule has 2 aromatic rings. The summed E-state index contributed by atoms with van der Waals surface area (Å²) in [6.45, 7) is -0.288. The van der Waals surface area contributed by atoms with Gasteiger partial charge in [-0.15, -0.1) is 0 Å². The monoisotopic (exact) mass is 337 g/mol. The fraction of sp³-hybridized carbons (Fsp3) is 0.316. The number of nitrogens with zero attached hydrogens (tertiary/aromatic N) is 3. The standard InChI is InChI=1S/C19H19N3O3/c1-25-12-18(24)22-16(9-20)19(17(22)11-23)14-6-4-13(5-7-14)15-3-2-8-21-10-15/h2-8,10,16-17,19,23H,11-12H2,1H3/t16-,17+,19-/m1/s1. The number of aliphatic hydroxyl groups excluding tert-OH is 1. The summed E-state index contributed by atoms with van der Waals surface area (Å²) < 4.78 is 4.86. The number of nitriles is 1. The number of aromatic nitrogens is 1. The molecule has 1 aromatic carbocycles. The minimum Gasteiger partial charge on any atom is -0.394 e. The molecular formula is C19H19N3O3. The zero-order chi connectivity index (χ0) is 17.8. The van der Waals surface area contributed by atoms with E-state index in [0.717, 1.165) is 16.7 Å². The van der Waals surface area contributed by atoms with Crippen LogP contribution in [0.1, 0.15) is 11.5 Å². The summed E-state index contributed by atoms with van der Waals surface area (Å²) >= 11 is 0. The van der Waals surface area contributed by atoms with Crippen molar-refractivity contribution in [3.8, 4) is 17.2 Å². The molecule has 2 heterocycles. The van der Waals surface area contributed by atoms with Crippen LogP contribution in [0, 0.1) is 11.3 Å². The van der Waals surface area contributed by atoms with E-state index in [2.05, 4.69) is 11.1 Å². The lowest BCUT2D eigenvalue weighted by atomic mass is 9.75. The molecule has 1 amide bonds. The van der Waals surface area contributed by atoms with E-state index in [1.807, 2.05) is 36.4 Å². The zero-order valence-corrected chi connectivity index (χ0v) is 13.9. The average molecular weight is 337 g/mol. The molecule has 0 unspecified atom stereocenters. The maximum Gasteiger partial charge on any atom is 0.249 e. The van der Waals surface area contributed by atoms with Crippen LogP contribution in [-0.4, -0.2) is 53.3 Å². The number of likely N-dealkylation sites (tertiary alicyclic amines) is 1. The van der Waals surface area contributed by atoms with Crippen molar-refractivity contribution in [3.63, 3.8) is 0 Å². The lowest BCUT2D eigenvalue weighted by Gasteiger charge is -2.51. The Bertz CT molecular complexity index is 771. The Kier molecular flexibility index (Phi) is 5.08. The number of carbonyl (C=O) groups is 1. The van der Waals surface area contributed by atoms with Gasteiger partial charge in [0, 0.05) is 25.4 Å². The van der Waals surface area contributed by atoms with Crippen LogP contribution in [0.2, 0.25) is 0 Å². The number of pyridine rings is 1. The SMILES string of the molecule is COCC(=O)N1[C@H](C#N)[C@@H](c2ccc(-c3cccnc3)cc2)[C@@H]1CO. The fourth-order valence-corrected chi connectivity index (χ4v) is 3.38. The first-order chi connectivity index (χ1) is 12.2. The second kappa shape index (κ2) is 7.43. The van der Waals surface area contributed by atoms with E-state index in [1.54, 1.807) is 12.4 Å². The van der Waals surface area contributed by atoms with Crippen LogP contribution in [0.5, 0.6) is 0 Å². The topological polar surface area (TPSA) is 86.5 Å². The second-order valence-corrected chi connectivity index (χ2v) is 5.95. The highest BCUT2D eigenvalue weighted by Crippen LogP contribution is 2.40. The average Bonchev–Trinajstić information content (AvgIpc) is 2.63. The summed E-state index contributed by atoms with van der Waals surface area (Å²) in [5, 5.41) is 19.2. The summed E-state index contributed by atoms with van der Waals surface area (Å²) in [5.41, 5.74) is 2.97. The Morgan fingerprint density at radius 1 is 1.32 bits per heavy atom. The second-order valence-electron chi connectivity index (χ2n) is 5.95. The van der Waals surface area contributed by atoms with Crippen LogP contribution < -0.4 is 0 Å². The summed E-state index contributed by atoms with van der Waals surface area (Å²) in [6, 6.07) is 12.9. The van der Waals surface area contributed by atoms with Gasteiger partial charge in [-0.3, -0.25) is 9.78 Å². The van der Waals surface area contributed by atoms with Gasteiger partial charge in [0.05, 0.1) is 18.7 Å². The fourth-order valence-electron chi connectivity index (χ4n) is 3.38. The van der Waals surface area contributed by atoms with Gasteiger partial charge in [0.2, 0.25) is 5.91 Å². The minimum atomic E-state index is -0.593. The summed E-state index contributed by atoms with van der Waals surface area (Å²) in [6.07, 6.45) is 3.51. The normalized spacial score (nSPS) is 22.1. The quantitative estimate of drug-likeness (QED) is 0.895.